The molecule has 0 amide bonds. The molecule has 0 unspecified atom stereocenters. The van der Waals surface area contributed by atoms with Gasteiger partial charge in [0, 0.05) is 23.5 Å². The van der Waals surface area contributed by atoms with E-state index in [0.717, 1.165) is 16.6 Å². The second-order valence-electron chi connectivity index (χ2n) is 5.19. The topological polar surface area (TPSA) is 76.3 Å². The highest BCUT2D eigenvalue weighted by molar-refractivity contribution is 5.65. The van der Waals surface area contributed by atoms with Crippen molar-refractivity contribution in [3.63, 3.8) is 0 Å². The number of fused-ring (bicyclic) bond motifs is 1. The largest absolute Gasteiger partial charge is 0.489 e. The predicted octanol–water partition coefficient (Wildman–Crippen LogP) is 3.44. The van der Waals surface area contributed by atoms with Crippen LogP contribution in [-0.2, 0) is 6.61 Å². The lowest BCUT2D eigenvalue weighted by Gasteiger charge is -2.05. The van der Waals surface area contributed by atoms with Crippen molar-refractivity contribution in [2.45, 2.75) is 6.61 Å². The number of ether oxygens (including phenoxy) is 1. The van der Waals surface area contributed by atoms with Crippen LogP contribution in [0, 0.1) is 11.3 Å². The molecule has 4 aromatic rings. The van der Waals surface area contributed by atoms with Gasteiger partial charge in [0.05, 0.1) is 11.1 Å². The minimum absolute atomic E-state index is 0.324. The average molecular weight is 316 g/mol. The van der Waals surface area contributed by atoms with Crippen molar-refractivity contribution < 1.29 is 9.15 Å². The molecule has 0 atom stereocenters. The monoisotopic (exact) mass is 316 g/mol. The third kappa shape index (κ3) is 2.48. The summed E-state index contributed by atoms with van der Waals surface area (Å²) in [5.41, 5.74) is 3.19. The van der Waals surface area contributed by atoms with Crippen LogP contribution < -0.4 is 4.74 Å². The zero-order valence-corrected chi connectivity index (χ0v) is 12.6. The van der Waals surface area contributed by atoms with Gasteiger partial charge in [0.2, 0.25) is 12.3 Å². The van der Waals surface area contributed by atoms with Gasteiger partial charge >= 0.3 is 0 Å². The fourth-order valence-electron chi connectivity index (χ4n) is 2.57. The first-order chi connectivity index (χ1) is 11.8. The summed E-state index contributed by atoms with van der Waals surface area (Å²) >= 11 is 0. The molecule has 0 aliphatic heterocycles. The van der Waals surface area contributed by atoms with E-state index in [1.54, 1.807) is 0 Å². The first kappa shape index (κ1) is 14.0. The molecule has 6 nitrogen and oxygen atoms in total. The Kier molecular flexibility index (Phi) is 3.45. The minimum atomic E-state index is 0.324. The number of aromatic nitrogens is 3. The van der Waals surface area contributed by atoms with Crippen LogP contribution in [-0.4, -0.2) is 14.6 Å². The standard InChI is InChI=1S/C18H12N4O2/c19-9-16-14(10-22-8-2-1-3-17(16)22)11-23-15-6-4-13(5-7-15)18-21-20-12-24-18/h1-8,10,12H,11H2. The van der Waals surface area contributed by atoms with Crippen LogP contribution in [0.4, 0.5) is 0 Å². The van der Waals surface area contributed by atoms with Crippen LogP contribution in [0.2, 0.25) is 0 Å². The van der Waals surface area contributed by atoms with Gasteiger partial charge in [0.15, 0.2) is 0 Å². The number of nitriles is 1. The zero-order chi connectivity index (χ0) is 16.4. The van der Waals surface area contributed by atoms with Gasteiger partial charge in [-0.2, -0.15) is 5.26 Å². The highest BCUT2D eigenvalue weighted by Crippen LogP contribution is 2.23. The Bertz CT molecular complexity index is 1010. The summed E-state index contributed by atoms with van der Waals surface area (Å²) in [5.74, 6) is 1.17. The van der Waals surface area contributed by atoms with Crippen molar-refractivity contribution in [2.75, 3.05) is 0 Å². The molecular weight excluding hydrogens is 304 g/mol. The maximum Gasteiger partial charge on any atom is 0.247 e. The lowest BCUT2D eigenvalue weighted by Crippen LogP contribution is -1.96. The SMILES string of the molecule is N#Cc1c(COc2ccc(-c3nnco3)cc2)cn2ccccc12. The Morgan fingerprint density at radius 1 is 1.17 bits per heavy atom. The van der Waals surface area contributed by atoms with Gasteiger partial charge in [-0.05, 0) is 36.4 Å². The third-order valence-corrected chi connectivity index (χ3v) is 3.73. The molecule has 1 aromatic carbocycles. The summed E-state index contributed by atoms with van der Waals surface area (Å²) in [6.07, 6.45) is 5.13. The molecule has 0 bridgehead atoms. The summed E-state index contributed by atoms with van der Waals surface area (Å²) in [7, 11) is 0. The van der Waals surface area contributed by atoms with Crippen LogP contribution in [0.25, 0.3) is 17.0 Å². The van der Waals surface area contributed by atoms with E-state index in [-0.39, 0.29) is 0 Å². The molecule has 0 N–H and O–H groups in total. The summed E-state index contributed by atoms with van der Waals surface area (Å²) < 4.78 is 12.9. The molecule has 0 saturated carbocycles. The number of rotatable bonds is 4. The Labute approximate surface area is 137 Å². The lowest BCUT2D eigenvalue weighted by atomic mass is 10.2. The molecule has 3 heterocycles. The molecule has 0 radical (unpaired) electrons. The van der Waals surface area contributed by atoms with Gasteiger partial charge in [0.1, 0.15) is 18.4 Å². The molecule has 0 fully saturated rings. The first-order valence-corrected chi connectivity index (χ1v) is 7.33. The zero-order valence-electron chi connectivity index (χ0n) is 12.6. The summed E-state index contributed by atoms with van der Waals surface area (Å²) in [6, 6.07) is 15.4. The molecule has 3 aromatic heterocycles. The fraction of sp³-hybridized carbons (Fsp3) is 0.0556. The van der Waals surface area contributed by atoms with Crippen LogP contribution in [0.15, 0.2) is 65.7 Å². The summed E-state index contributed by atoms with van der Waals surface area (Å²) in [4.78, 5) is 0. The molecule has 24 heavy (non-hydrogen) atoms. The van der Waals surface area contributed by atoms with E-state index in [1.165, 1.54) is 6.39 Å². The van der Waals surface area contributed by atoms with E-state index in [9.17, 15) is 5.26 Å². The molecule has 0 spiro atoms. The van der Waals surface area contributed by atoms with E-state index in [2.05, 4.69) is 16.3 Å². The van der Waals surface area contributed by atoms with E-state index in [0.29, 0.717) is 23.8 Å². The van der Waals surface area contributed by atoms with Crippen molar-refractivity contribution in [3.05, 3.63) is 72.4 Å². The van der Waals surface area contributed by atoms with Gasteiger partial charge in [-0.15, -0.1) is 10.2 Å². The van der Waals surface area contributed by atoms with Crippen molar-refractivity contribution in [3.8, 4) is 23.3 Å². The van der Waals surface area contributed by atoms with Crippen molar-refractivity contribution in [1.29, 1.82) is 5.26 Å². The van der Waals surface area contributed by atoms with Crippen LogP contribution in [0.5, 0.6) is 5.75 Å². The third-order valence-electron chi connectivity index (χ3n) is 3.73. The van der Waals surface area contributed by atoms with E-state index in [1.807, 2.05) is 59.3 Å². The minimum Gasteiger partial charge on any atom is -0.489 e. The van der Waals surface area contributed by atoms with Gasteiger partial charge in [-0.3, -0.25) is 0 Å². The second-order valence-corrected chi connectivity index (χ2v) is 5.19. The predicted molar refractivity (Wildman–Crippen MR) is 86.2 cm³/mol. The van der Waals surface area contributed by atoms with Crippen molar-refractivity contribution >= 4 is 5.52 Å². The Morgan fingerprint density at radius 2 is 2.04 bits per heavy atom. The smallest absolute Gasteiger partial charge is 0.247 e. The highest BCUT2D eigenvalue weighted by atomic mass is 16.5. The lowest BCUT2D eigenvalue weighted by molar-refractivity contribution is 0.306. The molecule has 0 aliphatic carbocycles. The molecule has 0 saturated heterocycles. The molecule has 6 heteroatoms. The van der Waals surface area contributed by atoms with Gasteiger partial charge < -0.3 is 13.6 Å². The van der Waals surface area contributed by atoms with Gasteiger partial charge in [-0.25, -0.2) is 0 Å². The number of benzene rings is 1. The number of pyridine rings is 1. The van der Waals surface area contributed by atoms with Crippen molar-refractivity contribution in [2.24, 2.45) is 0 Å². The second kappa shape index (κ2) is 5.89. The number of hydrogen-bond donors (Lipinski definition) is 0. The van der Waals surface area contributed by atoms with E-state index < -0.39 is 0 Å². The maximum absolute atomic E-state index is 9.40. The van der Waals surface area contributed by atoms with Gasteiger partial charge in [-0.1, -0.05) is 6.07 Å². The number of nitrogens with zero attached hydrogens (tertiary/aromatic N) is 4. The van der Waals surface area contributed by atoms with Gasteiger partial charge in [0.25, 0.3) is 0 Å². The maximum atomic E-state index is 9.40. The summed E-state index contributed by atoms with van der Waals surface area (Å²) in [5, 5.41) is 16.9. The quantitative estimate of drug-likeness (QED) is 0.576. The van der Waals surface area contributed by atoms with Crippen LogP contribution >= 0.6 is 0 Å². The number of hydrogen-bond acceptors (Lipinski definition) is 5. The molecular formula is C18H12N4O2. The highest BCUT2D eigenvalue weighted by Gasteiger charge is 2.10. The Morgan fingerprint density at radius 3 is 2.79 bits per heavy atom. The molecule has 116 valence electrons. The summed E-state index contributed by atoms with van der Waals surface area (Å²) in [6.45, 7) is 0.324. The van der Waals surface area contributed by atoms with Crippen molar-refractivity contribution in [1.82, 2.24) is 14.6 Å². The average Bonchev–Trinajstić information content (AvgIpc) is 3.27. The first-order valence-electron chi connectivity index (χ1n) is 7.33. The van der Waals surface area contributed by atoms with Crippen LogP contribution in [0.1, 0.15) is 11.1 Å². The molecule has 4 rings (SSSR count). The Balaban J connectivity index is 1.54. The normalized spacial score (nSPS) is 10.6. The van der Waals surface area contributed by atoms with E-state index >= 15 is 0 Å². The van der Waals surface area contributed by atoms with Crippen LogP contribution in [0.3, 0.4) is 0 Å². The fourth-order valence-corrected chi connectivity index (χ4v) is 2.57. The van der Waals surface area contributed by atoms with E-state index in [4.69, 9.17) is 9.15 Å². The molecule has 0 aliphatic rings. The Hall–Kier alpha value is -3.59.